The number of amides is 2. The van der Waals surface area contributed by atoms with Crippen LogP contribution in [0.5, 0.6) is 0 Å². The molecule has 6 nitrogen and oxygen atoms in total. The van der Waals surface area contributed by atoms with Crippen molar-refractivity contribution in [1.82, 2.24) is 4.90 Å². The van der Waals surface area contributed by atoms with Crippen molar-refractivity contribution in [3.05, 3.63) is 24.3 Å². The van der Waals surface area contributed by atoms with E-state index in [-0.39, 0.29) is 12.5 Å². The number of nitrogen functional groups attached to an aromatic ring is 1. The molecule has 1 rings (SSSR count). The van der Waals surface area contributed by atoms with Crippen molar-refractivity contribution in [2.24, 2.45) is 5.73 Å². The zero-order valence-electron chi connectivity index (χ0n) is 10.5. The molecule has 0 aliphatic carbocycles. The van der Waals surface area contributed by atoms with Gasteiger partial charge in [-0.05, 0) is 26.1 Å². The van der Waals surface area contributed by atoms with Crippen LogP contribution in [-0.2, 0) is 9.59 Å². The molecular formula is C12H18N4O2. The average Bonchev–Trinajstić information content (AvgIpc) is 2.30. The molecule has 1 aromatic rings. The predicted molar refractivity (Wildman–Crippen MR) is 70.8 cm³/mol. The van der Waals surface area contributed by atoms with E-state index in [1.807, 2.05) is 0 Å². The molecule has 0 spiro atoms. The highest BCUT2D eigenvalue weighted by molar-refractivity contribution is 5.97. The molecule has 0 bridgehead atoms. The van der Waals surface area contributed by atoms with Crippen molar-refractivity contribution < 1.29 is 9.59 Å². The molecule has 0 saturated carbocycles. The van der Waals surface area contributed by atoms with E-state index in [1.165, 1.54) is 0 Å². The third-order valence-electron chi connectivity index (χ3n) is 2.66. The molecule has 98 valence electrons. The van der Waals surface area contributed by atoms with Crippen LogP contribution in [0.4, 0.5) is 11.4 Å². The fourth-order valence-corrected chi connectivity index (χ4v) is 1.43. The number of hydrogen-bond acceptors (Lipinski definition) is 4. The van der Waals surface area contributed by atoms with Crippen LogP contribution in [0, 0.1) is 0 Å². The molecule has 0 saturated heterocycles. The first-order valence-electron chi connectivity index (χ1n) is 5.55. The number of nitrogens with zero attached hydrogens (tertiary/aromatic N) is 1. The van der Waals surface area contributed by atoms with Gasteiger partial charge in [0.15, 0.2) is 0 Å². The molecule has 0 aliphatic rings. The molecule has 0 fully saturated rings. The number of rotatable bonds is 5. The molecule has 18 heavy (non-hydrogen) atoms. The van der Waals surface area contributed by atoms with E-state index in [4.69, 9.17) is 11.5 Å². The first-order chi connectivity index (χ1) is 8.41. The summed E-state index contributed by atoms with van der Waals surface area (Å²) in [6.07, 6.45) is 0. The number of nitrogens with two attached hydrogens (primary N) is 2. The second-order valence-electron chi connectivity index (χ2n) is 4.13. The van der Waals surface area contributed by atoms with E-state index in [1.54, 1.807) is 43.1 Å². The number of benzene rings is 1. The van der Waals surface area contributed by atoms with Crippen LogP contribution in [0.1, 0.15) is 6.92 Å². The van der Waals surface area contributed by atoms with Gasteiger partial charge < -0.3 is 16.8 Å². The second-order valence-corrected chi connectivity index (χ2v) is 4.13. The Kier molecular flexibility index (Phi) is 4.67. The van der Waals surface area contributed by atoms with E-state index in [2.05, 4.69) is 5.32 Å². The number of para-hydroxylation sites is 2. The molecule has 0 aromatic heterocycles. The zero-order chi connectivity index (χ0) is 13.7. The lowest BCUT2D eigenvalue weighted by Crippen LogP contribution is -2.43. The van der Waals surface area contributed by atoms with Gasteiger partial charge in [0.2, 0.25) is 11.8 Å². The van der Waals surface area contributed by atoms with Gasteiger partial charge in [0, 0.05) is 0 Å². The molecule has 1 aromatic carbocycles. The van der Waals surface area contributed by atoms with E-state index in [0.717, 1.165) is 0 Å². The normalized spacial score (nSPS) is 12.2. The van der Waals surface area contributed by atoms with Crippen molar-refractivity contribution in [3.63, 3.8) is 0 Å². The molecule has 1 unspecified atom stereocenters. The van der Waals surface area contributed by atoms with Gasteiger partial charge in [-0.25, -0.2) is 0 Å². The lowest BCUT2D eigenvalue weighted by atomic mass is 10.2. The van der Waals surface area contributed by atoms with Crippen molar-refractivity contribution in [3.8, 4) is 0 Å². The maximum absolute atomic E-state index is 11.9. The van der Waals surface area contributed by atoms with Gasteiger partial charge in [-0.1, -0.05) is 12.1 Å². The van der Waals surface area contributed by atoms with Crippen molar-refractivity contribution in [1.29, 1.82) is 0 Å². The SMILES string of the molecule is CC(C(=O)Nc1ccccc1N)N(C)CC(N)=O. The minimum Gasteiger partial charge on any atom is -0.397 e. The Morgan fingerprint density at radius 2 is 2.00 bits per heavy atom. The first kappa shape index (κ1) is 14.0. The highest BCUT2D eigenvalue weighted by Gasteiger charge is 2.19. The third-order valence-corrected chi connectivity index (χ3v) is 2.66. The van der Waals surface area contributed by atoms with E-state index < -0.39 is 11.9 Å². The Morgan fingerprint density at radius 1 is 1.39 bits per heavy atom. The molecule has 2 amide bonds. The Bertz CT molecular complexity index is 447. The molecule has 0 heterocycles. The number of nitrogens with one attached hydrogen (secondary N) is 1. The summed E-state index contributed by atoms with van der Waals surface area (Å²) < 4.78 is 0. The summed E-state index contributed by atoms with van der Waals surface area (Å²) in [6.45, 7) is 1.72. The lowest BCUT2D eigenvalue weighted by molar-refractivity contribution is -0.123. The highest BCUT2D eigenvalue weighted by atomic mass is 16.2. The molecule has 0 radical (unpaired) electrons. The Balaban J connectivity index is 2.65. The summed E-state index contributed by atoms with van der Waals surface area (Å²) in [6, 6.07) is 6.51. The maximum atomic E-state index is 11.9. The number of hydrogen-bond donors (Lipinski definition) is 3. The molecule has 0 aliphatic heterocycles. The fourth-order valence-electron chi connectivity index (χ4n) is 1.43. The van der Waals surface area contributed by atoms with Gasteiger partial charge in [0.05, 0.1) is 24.0 Å². The number of carbonyl (C=O) groups is 2. The molecule has 5 N–H and O–H groups in total. The third kappa shape index (κ3) is 3.74. The van der Waals surface area contributed by atoms with Crippen molar-refractivity contribution in [2.75, 3.05) is 24.6 Å². The van der Waals surface area contributed by atoms with E-state index >= 15 is 0 Å². The Morgan fingerprint density at radius 3 is 2.56 bits per heavy atom. The molecule has 6 heteroatoms. The summed E-state index contributed by atoms with van der Waals surface area (Å²) in [5.41, 5.74) is 11.9. The standard InChI is InChI=1S/C12H18N4O2/c1-8(16(2)7-11(14)17)12(18)15-10-6-4-3-5-9(10)13/h3-6,8H,7,13H2,1-2H3,(H2,14,17)(H,15,18). The summed E-state index contributed by atoms with van der Waals surface area (Å²) >= 11 is 0. The van der Waals surface area contributed by atoms with Gasteiger partial charge in [-0.3, -0.25) is 14.5 Å². The summed E-state index contributed by atoms with van der Waals surface area (Å²) in [4.78, 5) is 24.3. The largest absolute Gasteiger partial charge is 0.397 e. The topological polar surface area (TPSA) is 101 Å². The van der Waals surface area contributed by atoms with Crippen molar-refractivity contribution in [2.45, 2.75) is 13.0 Å². The van der Waals surface area contributed by atoms with Crippen LogP contribution in [0.2, 0.25) is 0 Å². The predicted octanol–water partition coefficient (Wildman–Crippen LogP) is 0.0129. The van der Waals surface area contributed by atoms with E-state index in [0.29, 0.717) is 11.4 Å². The lowest BCUT2D eigenvalue weighted by Gasteiger charge is -2.22. The second kappa shape index (κ2) is 6.02. The average molecular weight is 250 g/mol. The van der Waals surface area contributed by atoms with Crippen LogP contribution >= 0.6 is 0 Å². The number of carbonyl (C=O) groups excluding carboxylic acids is 2. The minimum absolute atomic E-state index is 0.0266. The number of likely N-dealkylation sites (N-methyl/N-ethyl adjacent to an activating group) is 1. The highest BCUT2D eigenvalue weighted by Crippen LogP contribution is 2.17. The van der Waals surface area contributed by atoms with Crippen LogP contribution in [-0.4, -0.2) is 36.3 Å². The van der Waals surface area contributed by atoms with Crippen LogP contribution in [0.15, 0.2) is 24.3 Å². The van der Waals surface area contributed by atoms with Gasteiger partial charge in [0.25, 0.3) is 0 Å². The van der Waals surface area contributed by atoms with Crippen molar-refractivity contribution >= 4 is 23.2 Å². The maximum Gasteiger partial charge on any atom is 0.241 e. The quantitative estimate of drug-likeness (QED) is 0.641. The minimum atomic E-state index is -0.476. The smallest absolute Gasteiger partial charge is 0.241 e. The monoisotopic (exact) mass is 250 g/mol. The van der Waals surface area contributed by atoms with Gasteiger partial charge in [-0.2, -0.15) is 0 Å². The zero-order valence-corrected chi connectivity index (χ0v) is 10.5. The van der Waals surface area contributed by atoms with Crippen LogP contribution in [0.25, 0.3) is 0 Å². The summed E-state index contributed by atoms with van der Waals surface area (Å²) in [5.74, 6) is -0.715. The van der Waals surface area contributed by atoms with Crippen LogP contribution in [0.3, 0.4) is 0 Å². The molecular weight excluding hydrogens is 232 g/mol. The van der Waals surface area contributed by atoms with Gasteiger partial charge >= 0.3 is 0 Å². The van der Waals surface area contributed by atoms with Crippen LogP contribution < -0.4 is 16.8 Å². The molecule has 1 atom stereocenters. The summed E-state index contributed by atoms with van der Waals surface area (Å²) in [5, 5.41) is 2.71. The Hall–Kier alpha value is -2.08. The Labute approximate surface area is 106 Å². The van der Waals surface area contributed by atoms with Gasteiger partial charge in [0.1, 0.15) is 0 Å². The fraction of sp³-hybridized carbons (Fsp3) is 0.333. The number of primary amides is 1. The van der Waals surface area contributed by atoms with E-state index in [9.17, 15) is 9.59 Å². The number of anilines is 2. The van der Waals surface area contributed by atoms with Gasteiger partial charge in [-0.15, -0.1) is 0 Å². The summed E-state index contributed by atoms with van der Waals surface area (Å²) in [7, 11) is 1.66. The first-order valence-corrected chi connectivity index (χ1v) is 5.55.